The molecule has 1 aromatic rings. The molecule has 0 amide bonds. The third-order valence-electron chi connectivity index (χ3n) is 5.81. The summed E-state index contributed by atoms with van der Waals surface area (Å²) < 4.78 is 0. The van der Waals surface area contributed by atoms with Crippen molar-refractivity contribution >= 4 is 0 Å². The Kier molecular flexibility index (Phi) is 4.31. The van der Waals surface area contributed by atoms with E-state index >= 15 is 0 Å². The van der Waals surface area contributed by atoms with Crippen molar-refractivity contribution in [3.8, 4) is 0 Å². The summed E-state index contributed by atoms with van der Waals surface area (Å²) in [6, 6.07) is 9.54. The lowest BCUT2D eigenvalue weighted by atomic mass is 9.91. The molecule has 0 spiro atoms. The lowest BCUT2D eigenvalue weighted by molar-refractivity contribution is 0.231. The second-order valence-electron chi connectivity index (χ2n) is 7.22. The van der Waals surface area contributed by atoms with Gasteiger partial charge >= 0.3 is 0 Å². The molecule has 2 aliphatic heterocycles. The normalized spacial score (nSPS) is 25.7. The van der Waals surface area contributed by atoms with Crippen LogP contribution in [0.3, 0.4) is 0 Å². The third-order valence-corrected chi connectivity index (χ3v) is 5.81. The van der Waals surface area contributed by atoms with Crippen LogP contribution in [-0.2, 0) is 6.42 Å². The van der Waals surface area contributed by atoms with E-state index in [1.165, 1.54) is 69.3 Å². The summed E-state index contributed by atoms with van der Waals surface area (Å²) in [5.74, 6) is 0.696. The van der Waals surface area contributed by atoms with E-state index in [-0.39, 0.29) is 0 Å². The maximum Gasteiger partial charge on any atom is 0.0177 e. The molecule has 0 aromatic heterocycles. The van der Waals surface area contributed by atoms with Crippen LogP contribution in [0.25, 0.3) is 0 Å². The van der Waals surface area contributed by atoms with E-state index in [0.29, 0.717) is 5.92 Å². The Hall–Kier alpha value is -1.12. The first-order chi connectivity index (χ1) is 10.9. The van der Waals surface area contributed by atoms with Crippen LogP contribution in [0.2, 0.25) is 0 Å². The van der Waals surface area contributed by atoms with Crippen LogP contribution >= 0.6 is 0 Å². The molecule has 0 radical (unpaired) electrons. The molecule has 22 heavy (non-hydrogen) atoms. The number of benzene rings is 1. The lowest BCUT2D eigenvalue weighted by Gasteiger charge is -2.26. The van der Waals surface area contributed by atoms with Crippen molar-refractivity contribution in [3.63, 3.8) is 0 Å². The van der Waals surface area contributed by atoms with Gasteiger partial charge in [-0.2, -0.15) is 0 Å². The topological polar surface area (TPSA) is 15.3 Å². The fourth-order valence-electron chi connectivity index (χ4n) is 4.45. The first-order valence-electron chi connectivity index (χ1n) is 9.13. The molecule has 0 saturated carbocycles. The van der Waals surface area contributed by atoms with E-state index in [1.54, 1.807) is 11.1 Å². The second kappa shape index (κ2) is 6.55. The standard InChI is InChI=1S/C20H28N2/c1-2-11-22(12-3-1)13-10-16-4-6-17(7-5-16)19-9-8-18-14-21-15-20(18)19/h4-7,19,21H,1-3,8-15H2/t19-/m1/s1. The number of rotatable bonds is 4. The van der Waals surface area contributed by atoms with Gasteiger partial charge in [-0.15, -0.1) is 0 Å². The fourth-order valence-corrected chi connectivity index (χ4v) is 4.45. The van der Waals surface area contributed by atoms with Crippen LogP contribution in [0.1, 0.15) is 49.1 Å². The van der Waals surface area contributed by atoms with Gasteiger partial charge in [-0.05, 0) is 61.9 Å². The molecule has 4 rings (SSSR count). The molecule has 2 heteroatoms. The Morgan fingerprint density at radius 3 is 2.64 bits per heavy atom. The van der Waals surface area contributed by atoms with E-state index in [4.69, 9.17) is 0 Å². The molecule has 1 atom stereocenters. The van der Waals surface area contributed by atoms with Crippen molar-refractivity contribution in [2.75, 3.05) is 32.7 Å². The maximum atomic E-state index is 3.51. The molecular formula is C20H28N2. The average Bonchev–Trinajstić information content (AvgIpc) is 3.18. The Labute approximate surface area is 134 Å². The van der Waals surface area contributed by atoms with Gasteiger partial charge in [-0.3, -0.25) is 0 Å². The molecule has 0 bridgehead atoms. The van der Waals surface area contributed by atoms with Crippen molar-refractivity contribution < 1.29 is 0 Å². The van der Waals surface area contributed by atoms with Gasteiger partial charge in [0.05, 0.1) is 0 Å². The molecule has 1 aliphatic carbocycles. The summed E-state index contributed by atoms with van der Waals surface area (Å²) >= 11 is 0. The van der Waals surface area contributed by atoms with Gasteiger partial charge in [-0.1, -0.05) is 36.3 Å². The molecular weight excluding hydrogens is 268 g/mol. The SMILES string of the molecule is c1cc([C@H]2CCC3=C2CNC3)ccc1CCN1CCCCC1. The highest BCUT2D eigenvalue weighted by Crippen LogP contribution is 2.40. The van der Waals surface area contributed by atoms with E-state index in [0.717, 1.165) is 13.1 Å². The number of piperidine rings is 1. The van der Waals surface area contributed by atoms with Crippen LogP contribution in [0, 0.1) is 0 Å². The highest BCUT2D eigenvalue weighted by molar-refractivity contribution is 5.40. The van der Waals surface area contributed by atoms with Gasteiger partial charge in [-0.25, -0.2) is 0 Å². The molecule has 2 nitrogen and oxygen atoms in total. The molecule has 1 saturated heterocycles. The molecule has 1 aromatic carbocycles. The molecule has 0 unspecified atom stereocenters. The first-order valence-corrected chi connectivity index (χ1v) is 9.13. The van der Waals surface area contributed by atoms with Gasteiger partial charge in [0.2, 0.25) is 0 Å². The Bertz CT molecular complexity index is 537. The van der Waals surface area contributed by atoms with Gasteiger partial charge in [0.25, 0.3) is 0 Å². The molecule has 1 N–H and O–H groups in total. The quantitative estimate of drug-likeness (QED) is 0.856. The van der Waals surface area contributed by atoms with E-state index < -0.39 is 0 Å². The highest BCUT2D eigenvalue weighted by atomic mass is 15.1. The number of hydrogen-bond donors (Lipinski definition) is 1. The Balaban J connectivity index is 1.36. The Morgan fingerprint density at radius 2 is 1.82 bits per heavy atom. The van der Waals surface area contributed by atoms with Crippen molar-refractivity contribution in [1.82, 2.24) is 10.2 Å². The van der Waals surface area contributed by atoms with Gasteiger partial charge in [0.15, 0.2) is 0 Å². The average molecular weight is 296 g/mol. The van der Waals surface area contributed by atoms with Crippen LogP contribution < -0.4 is 5.32 Å². The van der Waals surface area contributed by atoms with Crippen LogP contribution in [0.5, 0.6) is 0 Å². The molecule has 2 heterocycles. The molecule has 1 fully saturated rings. The summed E-state index contributed by atoms with van der Waals surface area (Å²) in [5.41, 5.74) is 6.43. The minimum atomic E-state index is 0.696. The zero-order valence-corrected chi connectivity index (χ0v) is 13.6. The van der Waals surface area contributed by atoms with Crippen molar-refractivity contribution in [3.05, 3.63) is 46.5 Å². The van der Waals surface area contributed by atoms with Gasteiger partial charge in [0.1, 0.15) is 0 Å². The predicted molar refractivity (Wildman–Crippen MR) is 92.3 cm³/mol. The lowest BCUT2D eigenvalue weighted by Crippen LogP contribution is -2.31. The van der Waals surface area contributed by atoms with E-state index in [9.17, 15) is 0 Å². The van der Waals surface area contributed by atoms with Gasteiger partial charge in [0, 0.05) is 25.6 Å². The zero-order valence-electron chi connectivity index (χ0n) is 13.6. The van der Waals surface area contributed by atoms with E-state index in [1.807, 2.05) is 0 Å². The van der Waals surface area contributed by atoms with Crippen LogP contribution in [-0.4, -0.2) is 37.6 Å². The second-order valence-corrected chi connectivity index (χ2v) is 7.22. The van der Waals surface area contributed by atoms with Crippen LogP contribution in [0.15, 0.2) is 35.4 Å². The number of nitrogens with one attached hydrogen (secondary N) is 1. The number of nitrogens with zero attached hydrogens (tertiary/aromatic N) is 1. The predicted octanol–water partition coefficient (Wildman–Crippen LogP) is 3.49. The minimum absolute atomic E-state index is 0.696. The maximum absolute atomic E-state index is 3.51. The molecule has 118 valence electrons. The van der Waals surface area contributed by atoms with Crippen molar-refractivity contribution in [2.45, 2.75) is 44.4 Å². The van der Waals surface area contributed by atoms with Crippen molar-refractivity contribution in [1.29, 1.82) is 0 Å². The zero-order chi connectivity index (χ0) is 14.8. The third kappa shape index (κ3) is 3.00. The summed E-state index contributed by atoms with van der Waals surface area (Å²) in [4.78, 5) is 2.63. The summed E-state index contributed by atoms with van der Waals surface area (Å²) in [6.07, 6.45) is 8.07. The van der Waals surface area contributed by atoms with Gasteiger partial charge < -0.3 is 10.2 Å². The number of hydrogen-bond acceptors (Lipinski definition) is 2. The minimum Gasteiger partial charge on any atom is -0.309 e. The largest absolute Gasteiger partial charge is 0.309 e. The number of likely N-dealkylation sites (tertiary alicyclic amines) is 1. The highest BCUT2D eigenvalue weighted by Gasteiger charge is 2.29. The molecule has 3 aliphatic rings. The monoisotopic (exact) mass is 296 g/mol. The fraction of sp³-hybridized carbons (Fsp3) is 0.600. The summed E-state index contributed by atoms with van der Waals surface area (Å²) in [6.45, 7) is 6.12. The first kappa shape index (κ1) is 14.5. The van der Waals surface area contributed by atoms with Crippen molar-refractivity contribution in [2.24, 2.45) is 0 Å². The summed E-state index contributed by atoms with van der Waals surface area (Å²) in [5, 5.41) is 3.51. The van der Waals surface area contributed by atoms with E-state index in [2.05, 4.69) is 34.5 Å². The van der Waals surface area contributed by atoms with Crippen LogP contribution in [0.4, 0.5) is 0 Å². The Morgan fingerprint density at radius 1 is 1.00 bits per heavy atom. The summed E-state index contributed by atoms with van der Waals surface area (Å²) in [7, 11) is 0. The smallest absolute Gasteiger partial charge is 0.0177 e.